The molecule has 0 radical (unpaired) electrons. The Morgan fingerprint density at radius 1 is 1.00 bits per heavy atom. The number of amides is 2. The number of aromatic nitrogens is 1. The first kappa shape index (κ1) is 18.9. The van der Waals surface area contributed by atoms with Crippen LogP contribution in [0.3, 0.4) is 0 Å². The van der Waals surface area contributed by atoms with Crippen molar-refractivity contribution in [3.63, 3.8) is 0 Å². The van der Waals surface area contributed by atoms with E-state index < -0.39 is 0 Å². The molecule has 6 heteroatoms. The second-order valence-corrected chi connectivity index (χ2v) is 8.23. The van der Waals surface area contributed by atoms with Crippen molar-refractivity contribution in [2.24, 2.45) is 5.92 Å². The average Bonchev–Trinajstić information content (AvgIpc) is 3.16. The second-order valence-electron chi connectivity index (χ2n) is 8.23. The molecule has 0 saturated carbocycles. The van der Waals surface area contributed by atoms with E-state index in [2.05, 4.69) is 17.1 Å². The highest BCUT2D eigenvalue weighted by molar-refractivity contribution is 5.94. The van der Waals surface area contributed by atoms with Crippen LogP contribution in [-0.4, -0.2) is 46.2 Å². The molecular formula is C24H24FN3O2. The number of carbonyl (C=O) groups is 2. The zero-order valence-corrected chi connectivity index (χ0v) is 16.7. The largest absolute Gasteiger partial charge is 0.358 e. The number of fused-ring (bicyclic) bond motifs is 3. The molecule has 1 fully saturated rings. The van der Waals surface area contributed by atoms with Crippen molar-refractivity contribution in [3.8, 4) is 0 Å². The van der Waals surface area contributed by atoms with Gasteiger partial charge in [-0.2, -0.15) is 0 Å². The van der Waals surface area contributed by atoms with E-state index in [0.717, 1.165) is 24.8 Å². The number of carbonyl (C=O) groups excluding carboxylic acids is 2. The van der Waals surface area contributed by atoms with E-state index in [0.29, 0.717) is 31.7 Å². The molecule has 2 aliphatic heterocycles. The van der Waals surface area contributed by atoms with Crippen LogP contribution < -0.4 is 0 Å². The Morgan fingerprint density at radius 3 is 2.63 bits per heavy atom. The summed E-state index contributed by atoms with van der Waals surface area (Å²) in [6.45, 7) is 2.36. The molecule has 3 aromatic rings. The van der Waals surface area contributed by atoms with Crippen LogP contribution in [0.1, 0.15) is 34.5 Å². The molecule has 30 heavy (non-hydrogen) atoms. The number of hydrogen-bond acceptors (Lipinski definition) is 2. The molecule has 1 saturated heterocycles. The Balaban J connectivity index is 1.30. The molecule has 0 spiro atoms. The maximum atomic E-state index is 13.3. The topological polar surface area (TPSA) is 56.4 Å². The lowest BCUT2D eigenvalue weighted by molar-refractivity contribution is -0.137. The van der Waals surface area contributed by atoms with Gasteiger partial charge in [0, 0.05) is 60.3 Å². The number of halogens is 1. The predicted octanol–water partition coefficient (Wildman–Crippen LogP) is 3.74. The third-order valence-electron chi connectivity index (χ3n) is 6.34. The van der Waals surface area contributed by atoms with Gasteiger partial charge >= 0.3 is 0 Å². The van der Waals surface area contributed by atoms with Crippen molar-refractivity contribution in [1.29, 1.82) is 0 Å². The highest BCUT2D eigenvalue weighted by atomic mass is 19.1. The minimum Gasteiger partial charge on any atom is -0.358 e. The van der Waals surface area contributed by atoms with Crippen molar-refractivity contribution in [2.45, 2.75) is 25.8 Å². The fraction of sp³-hybridized carbons (Fsp3) is 0.333. The standard InChI is InChI=1S/C24H24FN3O2/c25-18-9-7-16(8-10-18)23(29)27-12-3-4-17(14-27)24(30)28-13-11-22-20(15-28)19-5-1-2-6-21(19)26-22/h1-2,5-10,17,26H,3-4,11-15H2/t17-/m1/s1. The number of para-hydroxylation sites is 1. The minimum atomic E-state index is -0.361. The highest BCUT2D eigenvalue weighted by Gasteiger charge is 2.33. The number of likely N-dealkylation sites (tertiary alicyclic amines) is 1. The van der Waals surface area contributed by atoms with Crippen molar-refractivity contribution in [2.75, 3.05) is 19.6 Å². The van der Waals surface area contributed by atoms with Crippen LogP contribution >= 0.6 is 0 Å². The third-order valence-corrected chi connectivity index (χ3v) is 6.34. The maximum Gasteiger partial charge on any atom is 0.253 e. The van der Waals surface area contributed by atoms with Crippen LogP contribution in [0.2, 0.25) is 0 Å². The SMILES string of the molecule is O=C(c1ccc(F)cc1)N1CCC[C@@H](C(=O)N2CCc3[nH]c4ccccc4c3C2)C1. The monoisotopic (exact) mass is 405 g/mol. The number of piperidine rings is 1. The molecule has 2 amide bonds. The number of nitrogens with zero attached hydrogens (tertiary/aromatic N) is 2. The number of rotatable bonds is 2. The summed E-state index contributed by atoms with van der Waals surface area (Å²) in [6, 6.07) is 13.8. The smallest absolute Gasteiger partial charge is 0.253 e. The van der Waals surface area contributed by atoms with E-state index in [-0.39, 0.29) is 23.5 Å². The first-order valence-electron chi connectivity index (χ1n) is 10.5. The van der Waals surface area contributed by atoms with Crippen LogP contribution in [0.4, 0.5) is 4.39 Å². The lowest BCUT2D eigenvalue weighted by Crippen LogP contribution is -2.47. The van der Waals surface area contributed by atoms with Gasteiger partial charge in [-0.3, -0.25) is 9.59 Å². The van der Waals surface area contributed by atoms with Crippen LogP contribution in [0.25, 0.3) is 10.9 Å². The fourth-order valence-electron chi connectivity index (χ4n) is 4.75. The first-order valence-corrected chi connectivity index (χ1v) is 10.5. The summed E-state index contributed by atoms with van der Waals surface area (Å²) in [4.78, 5) is 33.3. The molecule has 3 heterocycles. The van der Waals surface area contributed by atoms with Gasteiger partial charge in [-0.15, -0.1) is 0 Å². The zero-order chi connectivity index (χ0) is 20.7. The van der Waals surface area contributed by atoms with Gasteiger partial charge in [0.05, 0.1) is 5.92 Å². The number of aromatic amines is 1. The molecule has 0 bridgehead atoms. The van der Waals surface area contributed by atoms with Crippen molar-refractivity contribution < 1.29 is 14.0 Å². The van der Waals surface area contributed by atoms with Gasteiger partial charge in [-0.25, -0.2) is 4.39 Å². The number of H-pyrrole nitrogens is 1. The van der Waals surface area contributed by atoms with E-state index >= 15 is 0 Å². The Kier molecular flexibility index (Phi) is 4.77. The van der Waals surface area contributed by atoms with E-state index in [4.69, 9.17) is 0 Å². The van der Waals surface area contributed by atoms with Gasteiger partial charge in [0.2, 0.25) is 5.91 Å². The first-order chi connectivity index (χ1) is 14.6. The van der Waals surface area contributed by atoms with E-state index in [1.807, 2.05) is 17.0 Å². The summed E-state index contributed by atoms with van der Waals surface area (Å²) >= 11 is 0. The number of nitrogens with one attached hydrogen (secondary N) is 1. The zero-order valence-electron chi connectivity index (χ0n) is 16.7. The Bertz CT molecular complexity index is 1110. The quantitative estimate of drug-likeness (QED) is 0.706. The molecule has 154 valence electrons. The van der Waals surface area contributed by atoms with Gasteiger partial charge in [0.15, 0.2) is 0 Å². The molecule has 0 unspecified atom stereocenters. The van der Waals surface area contributed by atoms with E-state index in [1.165, 1.54) is 40.9 Å². The van der Waals surface area contributed by atoms with Crippen LogP contribution in [0.5, 0.6) is 0 Å². The number of benzene rings is 2. The lowest BCUT2D eigenvalue weighted by Gasteiger charge is -2.36. The lowest BCUT2D eigenvalue weighted by atomic mass is 9.94. The van der Waals surface area contributed by atoms with Gasteiger partial charge in [0.1, 0.15) is 5.82 Å². The molecule has 0 aliphatic carbocycles. The fourth-order valence-corrected chi connectivity index (χ4v) is 4.75. The second kappa shape index (κ2) is 7.59. The van der Waals surface area contributed by atoms with Crippen LogP contribution in [0, 0.1) is 11.7 Å². The average molecular weight is 405 g/mol. The van der Waals surface area contributed by atoms with Gasteiger partial charge < -0.3 is 14.8 Å². The van der Waals surface area contributed by atoms with E-state index in [9.17, 15) is 14.0 Å². The minimum absolute atomic E-state index is 0.127. The summed E-state index contributed by atoms with van der Waals surface area (Å²) in [5.41, 5.74) is 4.01. The molecule has 2 aliphatic rings. The van der Waals surface area contributed by atoms with Crippen molar-refractivity contribution in [1.82, 2.24) is 14.8 Å². The van der Waals surface area contributed by atoms with E-state index in [1.54, 1.807) is 4.90 Å². The van der Waals surface area contributed by atoms with Crippen LogP contribution in [-0.2, 0) is 17.8 Å². The molecule has 5 rings (SSSR count). The summed E-state index contributed by atoms with van der Waals surface area (Å²) in [5, 5.41) is 1.18. The predicted molar refractivity (Wildman–Crippen MR) is 112 cm³/mol. The summed E-state index contributed by atoms with van der Waals surface area (Å²) in [7, 11) is 0. The Hall–Kier alpha value is -3.15. The Labute approximate surface area is 174 Å². The molecule has 1 N–H and O–H groups in total. The van der Waals surface area contributed by atoms with Crippen molar-refractivity contribution in [3.05, 3.63) is 71.2 Å². The summed E-state index contributed by atoms with van der Waals surface area (Å²) < 4.78 is 13.2. The highest BCUT2D eigenvalue weighted by Crippen LogP contribution is 2.29. The number of hydrogen-bond donors (Lipinski definition) is 1. The molecule has 1 aromatic heterocycles. The molecule has 1 atom stereocenters. The third kappa shape index (κ3) is 3.36. The summed E-state index contributed by atoms with van der Waals surface area (Å²) in [6.07, 6.45) is 2.42. The van der Waals surface area contributed by atoms with Crippen molar-refractivity contribution >= 4 is 22.7 Å². The molecular weight excluding hydrogens is 381 g/mol. The maximum absolute atomic E-state index is 13.3. The van der Waals surface area contributed by atoms with Gasteiger partial charge in [-0.1, -0.05) is 18.2 Å². The van der Waals surface area contributed by atoms with Gasteiger partial charge in [-0.05, 0) is 43.2 Å². The summed E-state index contributed by atoms with van der Waals surface area (Å²) in [5.74, 6) is -0.553. The normalized spacial score (nSPS) is 19.0. The molecule has 5 nitrogen and oxygen atoms in total. The van der Waals surface area contributed by atoms with Crippen LogP contribution in [0.15, 0.2) is 48.5 Å². The molecule has 2 aromatic carbocycles. The Morgan fingerprint density at radius 2 is 1.80 bits per heavy atom. The van der Waals surface area contributed by atoms with Gasteiger partial charge in [0.25, 0.3) is 5.91 Å².